The van der Waals surface area contributed by atoms with Crippen LogP contribution in [-0.2, 0) is 19.1 Å². The van der Waals surface area contributed by atoms with Crippen LogP contribution in [0.15, 0.2) is 53.6 Å². The number of halogens is 1. The molecule has 1 fully saturated rings. The van der Waals surface area contributed by atoms with Gasteiger partial charge >= 0.3 is 11.8 Å². The molecule has 0 spiro atoms. The maximum absolute atomic E-state index is 12.0. The molecule has 0 aliphatic carbocycles. The van der Waals surface area contributed by atoms with Crippen molar-refractivity contribution in [3.63, 3.8) is 0 Å². The number of amides is 3. The fourth-order valence-corrected chi connectivity index (χ4v) is 3.10. The Bertz CT molecular complexity index is 992. The minimum absolute atomic E-state index is 0.0504. The summed E-state index contributed by atoms with van der Waals surface area (Å²) >= 11 is 5.89. The first-order chi connectivity index (χ1) is 15.5. The van der Waals surface area contributed by atoms with Crippen LogP contribution in [0.25, 0.3) is 0 Å². The van der Waals surface area contributed by atoms with E-state index in [9.17, 15) is 14.4 Å². The number of hydrogen-bond donors (Lipinski definition) is 3. The van der Waals surface area contributed by atoms with Crippen molar-refractivity contribution >= 4 is 41.2 Å². The molecule has 3 rings (SSSR count). The van der Waals surface area contributed by atoms with Crippen LogP contribution >= 0.6 is 11.6 Å². The SMILES string of the molecule is O=C(COc1cccc(/C=N\NC(=O)C(=O)NC[C@@H]2CCCO2)c1)Nc1cccc(Cl)c1. The van der Waals surface area contributed by atoms with Gasteiger partial charge in [0.05, 0.1) is 12.3 Å². The topological polar surface area (TPSA) is 118 Å². The molecular weight excluding hydrogens is 436 g/mol. The third-order valence-corrected chi connectivity index (χ3v) is 4.67. The second kappa shape index (κ2) is 11.8. The van der Waals surface area contributed by atoms with E-state index in [1.54, 1.807) is 48.5 Å². The summed E-state index contributed by atoms with van der Waals surface area (Å²) in [4.78, 5) is 35.6. The van der Waals surface area contributed by atoms with Crippen LogP contribution < -0.4 is 20.8 Å². The second-order valence-electron chi connectivity index (χ2n) is 6.96. The third kappa shape index (κ3) is 7.68. The van der Waals surface area contributed by atoms with Crippen molar-refractivity contribution in [3.05, 3.63) is 59.1 Å². The smallest absolute Gasteiger partial charge is 0.329 e. The van der Waals surface area contributed by atoms with Gasteiger partial charge in [0.1, 0.15) is 5.75 Å². The van der Waals surface area contributed by atoms with E-state index in [0.717, 1.165) is 12.8 Å². The van der Waals surface area contributed by atoms with Crippen molar-refractivity contribution in [1.29, 1.82) is 0 Å². The molecule has 3 amide bonds. The number of anilines is 1. The molecule has 1 aliphatic heterocycles. The monoisotopic (exact) mass is 458 g/mol. The van der Waals surface area contributed by atoms with Gasteiger partial charge in [-0.25, -0.2) is 5.43 Å². The average molecular weight is 459 g/mol. The summed E-state index contributed by atoms with van der Waals surface area (Å²) in [6.45, 7) is 0.765. The Morgan fingerprint density at radius 2 is 2.00 bits per heavy atom. The van der Waals surface area contributed by atoms with E-state index in [4.69, 9.17) is 21.1 Å². The lowest BCUT2D eigenvalue weighted by molar-refractivity contribution is -0.139. The van der Waals surface area contributed by atoms with Crippen LogP contribution in [0.4, 0.5) is 5.69 Å². The fourth-order valence-electron chi connectivity index (χ4n) is 2.91. The molecule has 2 aromatic rings. The quantitative estimate of drug-likeness (QED) is 0.318. The molecule has 0 radical (unpaired) electrons. The van der Waals surface area contributed by atoms with E-state index < -0.39 is 11.8 Å². The summed E-state index contributed by atoms with van der Waals surface area (Å²) in [6.07, 6.45) is 3.13. The van der Waals surface area contributed by atoms with Crippen LogP contribution in [0.1, 0.15) is 18.4 Å². The highest BCUT2D eigenvalue weighted by Gasteiger charge is 2.18. The predicted molar refractivity (Wildman–Crippen MR) is 120 cm³/mol. The molecule has 168 valence electrons. The first-order valence-electron chi connectivity index (χ1n) is 10.0. The lowest BCUT2D eigenvalue weighted by Crippen LogP contribution is -2.41. The van der Waals surface area contributed by atoms with Gasteiger partial charge in [-0.2, -0.15) is 5.10 Å². The van der Waals surface area contributed by atoms with Gasteiger partial charge in [-0.05, 0) is 48.7 Å². The second-order valence-corrected chi connectivity index (χ2v) is 7.40. The van der Waals surface area contributed by atoms with Crippen molar-refractivity contribution in [2.24, 2.45) is 5.10 Å². The Kier molecular flexibility index (Phi) is 8.59. The summed E-state index contributed by atoms with van der Waals surface area (Å²) in [7, 11) is 0. The number of rotatable bonds is 8. The van der Waals surface area contributed by atoms with Gasteiger partial charge in [-0.15, -0.1) is 0 Å². The molecule has 1 saturated heterocycles. The van der Waals surface area contributed by atoms with Crippen molar-refractivity contribution in [2.45, 2.75) is 18.9 Å². The number of nitrogens with one attached hydrogen (secondary N) is 3. The normalized spacial score (nSPS) is 15.3. The van der Waals surface area contributed by atoms with Crippen molar-refractivity contribution in [3.8, 4) is 5.75 Å². The van der Waals surface area contributed by atoms with Gasteiger partial charge in [0, 0.05) is 23.9 Å². The maximum atomic E-state index is 12.0. The van der Waals surface area contributed by atoms with Gasteiger partial charge in [0.15, 0.2) is 6.61 Å². The van der Waals surface area contributed by atoms with E-state index in [-0.39, 0.29) is 18.6 Å². The third-order valence-electron chi connectivity index (χ3n) is 4.44. The molecule has 0 bridgehead atoms. The number of hydrogen-bond acceptors (Lipinski definition) is 6. The number of carbonyl (C=O) groups is 3. The Morgan fingerprint density at radius 3 is 2.78 bits per heavy atom. The predicted octanol–water partition coefficient (Wildman–Crippen LogP) is 2.10. The zero-order chi connectivity index (χ0) is 22.8. The molecule has 0 aromatic heterocycles. The van der Waals surface area contributed by atoms with Crippen LogP contribution in [-0.4, -0.2) is 49.8 Å². The maximum Gasteiger partial charge on any atom is 0.329 e. The highest BCUT2D eigenvalue weighted by Crippen LogP contribution is 2.15. The van der Waals surface area contributed by atoms with E-state index in [1.165, 1.54) is 6.21 Å². The van der Waals surface area contributed by atoms with Gasteiger partial charge in [-0.3, -0.25) is 14.4 Å². The van der Waals surface area contributed by atoms with Gasteiger partial charge in [0.25, 0.3) is 5.91 Å². The summed E-state index contributed by atoms with van der Waals surface area (Å²) in [5, 5.41) is 9.50. The Balaban J connectivity index is 1.42. The standard InChI is InChI=1S/C22H23ClN4O5/c23-16-5-2-6-17(11-16)26-20(28)14-32-18-7-1-4-15(10-18)12-25-27-22(30)21(29)24-13-19-8-3-9-31-19/h1-2,4-7,10-12,19H,3,8-9,13-14H2,(H,24,29)(H,26,28)(H,27,30)/b25-12-/t19-/m0/s1. The van der Waals surface area contributed by atoms with E-state index >= 15 is 0 Å². The Morgan fingerprint density at radius 1 is 1.16 bits per heavy atom. The van der Waals surface area contributed by atoms with E-state index in [2.05, 4.69) is 21.2 Å². The van der Waals surface area contributed by atoms with Gasteiger partial charge in [0.2, 0.25) is 0 Å². The molecule has 10 heteroatoms. The molecule has 1 heterocycles. The number of carbonyl (C=O) groups excluding carboxylic acids is 3. The average Bonchev–Trinajstić information content (AvgIpc) is 3.30. The molecular formula is C22H23ClN4O5. The minimum atomic E-state index is -0.871. The van der Waals surface area contributed by atoms with Gasteiger partial charge < -0.3 is 20.1 Å². The van der Waals surface area contributed by atoms with Crippen molar-refractivity contribution < 1.29 is 23.9 Å². The highest BCUT2D eigenvalue weighted by molar-refractivity contribution is 6.35. The van der Waals surface area contributed by atoms with Crippen LogP contribution in [0.5, 0.6) is 5.75 Å². The molecule has 32 heavy (non-hydrogen) atoms. The summed E-state index contributed by atoms with van der Waals surface area (Å²) in [5.74, 6) is -1.55. The largest absolute Gasteiger partial charge is 0.484 e. The van der Waals surface area contributed by atoms with Crippen LogP contribution in [0, 0.1) is 0 Å². The molecule has 1 aliphatic rings. The lowest BCUT2D eigenvalue weighted by atomic mass is 10.2. The highest BCUT2D eigenvalue weighted by atomic mass is 35.5. The lowest BCUT2D eigenvalue weighted by Gasteiger charge is -2.09. The van der Waals surface area contributed by atoms with E-state index in [0.29, 0.717) is 35.2 Å². The van der Waals surface area contributed by atoms with Crippen LogP contribution in [0.3, 0.4) is 0 Å². The zero-order valence-electron chi connectivity index (χ0n) is 17.2. The fraction of sp³-hybridized carbons (Fsp3) is 0.273. The molecule has 2 aromatic carbocycles. The first kappa shape index (κ1) is 23.2. The number of nitrogens with zero attached hydrogens (tertiary/aromatic N) is 1. The number of benzene rings is 2. The summed E-state index contributed by atoms with van der Waals surface area (Å²) in [5.41, 5.74) is 3.35. The number of hydrazone groups is 1. The number of ether oxygens (including phenoxy) is 2. The molecule has 9 nitrogen and oxygen atoms in total. The van der Waals surface area contributed by atoms with Crippen molar-refractivity contribution in [2.75, 3.05) is 25.1 Å². The minimum Gasteiger partial charge on any atom is -0.484 e. The Labute approximate surface area is 190 Å². The molecule has 3 N–H and O–H groups in total. The summed E-state index contributed by atoms with van der Waals surface area (Å²) in [6, 6.07) is 13.6. The van der Waals surface area contributed by atoms with Crippen molar-refractivity contribution in [1.82, 2.24) is 10.7 Å². The Hall–Kier alpha value is -3.43. The molecule has 0 unspecified atom stereocenters. The van der Waals surface area contributed by atoms with Gasteiger partial charge in [-0.1, -0.05) is 29.8 Å². The first-order valence-corrected chi connectivity index (χ1v) is 10.4. The van der Waals surface area contributed by atoms with E-state index in [1.807, 2.05) is 0 Å². The molecule has 0 saturated carbocycles. The summed E-state index contributed by atoms with van der Waals surface area (Å²) < 4.78 is 10.9. The zero-order valence-corrected chi connectivity index (χ0v) is 17.9. The molecule has 1 atom stereocenters. The van der Waals surface area contributed by atoms with Crippen LogP contribution in [0.2, 0.25) is 5.02 Å².